The maximum absolute atomic E-state index is 14.2. The number of nitrogens with zero attached hydrogens (tertiary/aromatic N) is 2. The Morgan fingerprint density at radius 3 is 2.29 bits per heavy atom. The SMILES string of the molecule is CCOC(=O)c1sc2c(c1C)c(=O)n(CC(=O)OC(C)(C)C)c(=O)n2CCc1c(F)cccc1F. The fourth-order valence-electron chi connectivity index (χ4n) is 3.62. The number of fused-ring (bicyclic) bond motifs is 1. The smallest absolute Gasteiger partial charge is 0.348 e. The third kappa shape index (κ3) is 5.50. The zero-order chi connectivity index (χ0) is 26.1. The molecule has 3 rings (SSSR count). The van der Waals surface area contributed by atoms with Gasteiger partial charge in [0.25, 0.3) is 5.56 Å². The summed E-state index contributed by atoms with van der Waals surface area (Å²) in [6.07, 6.45) is -0.205. The zero-order valence-corrected chi connectivity index (χ0v) is 20.9. The van der Waals surface area contributed by atoms with Gasteiger partial charge < -0.3 is 9.47 Å². The standard InChI is InChI=1S/C24H26F2N2O6S/c1-6-33-22(31)19-13(2)18-20(30)28(12-17(29)34-24(3,4)5)23(32)27(21(18)35-19)11-10-14-15(25)8-7-9-16(14)26/h7-9H,6,10-12H2,1-5H3. The molecule has 11 heteroatoms. The van der Waals surface area contributed by atoms with Crippen LogP contribution in [0.3, 0.4) is 0 Å². The third-order valence-corrected chi connectivity index (χ3v) is 6.40. The molecule has 0 saturated heterocycles. The van der Waals surface area contributed by atoms with Crippen LogP contribution in [0.25, 0.3) is 10.2 Å². The summed E-state index contributed by atoms with van der Waals surface area (Å²) < 4.78 is 40.6. The van der Waals surface area contributed by atoms with Gasteiger partial charge >= 0.3 is 17.6 Å². The van der Waals surface area contributed by atoms with E-state index in [9.17, 15) is 28.0 Å². The molecule has 0 aliphatic rings. The molecule has 0 spiro atoms. The van der Waals surface area contributed by atoms with E-state index in [1.165, 1.54) is 13.0 Å². The summed E-state index contributed by atoms with van der Waals surface area (Å²) in [4.78, 5) is 51.8. The van der Waals surface area contributed by atoms with E-state index in [-0.39, 0.29) is 45.8 Å². The van der Waals surface area contributed by atoms with Crippen molar-refractivity contribution in [1.29, 1.82) is 0 Å². The van der Waals surface area contributed by atoms with Crippen LogP contribution in [0.5, 0.6) is 0 Å². The fraction of sp³-hybridized carbons (Fsp3) is 0.417. The second-order valence-electron chi connectivity index (χ2n) is 8.82. The largest absolute Gasteiger partial charge is 0.462 e. The number of ether oxygens (including phenoxy) is 2. The quantitative estimate of drug-likeness (QED) is 0.453. The predicted molar refractivity (Wildman–Crippen MR) is 127 cm³/mol. The molecular formula is C24H26F2N2O6S. The van der Waals surface area contributed by atoms with Gasteiger partial charge in [0, 0.05) is 12.1 Å². The van der Waals surface area contributed by atoms with Crippen molar-refractivity contribution >= 4 is 33.5 Å². The molecule has 0 N–H and O–H groups in total. The Morgan fingerprint density at radius 2 is 1.71 bits per heavy atom. The molecule has 188 valence electrons. The van der Waals surface area contributed by atoms with Crippen LogP contribution in [0, 0.1) is 18.6 Å². The van der Waals surface area contributed by atoms with E-state index >= 15 is 0 Å². The summed E-state index contributed by atoms with van der Waals surface area (Å²) in [6.45, 7) is 7.34. The lowest BCUT2D eigenvalue weighted by Crippen LogP contribution is -2.43. The first kappa shape index (κ1) is 26.3. The van der Waals surface area contributed by atoms with E-state index in [1.807, 2.05) is 0 Å². The first-order valence-electron chi connectivity index (χ1n) is 10.9. The van der Waals surface area contributed by atoms with Gasteiger partial charge in [-0.05, 0) is 58.7 Å². The van der Waals surface area contributed by atoms with Crippen LogP contribution in [-0.2, 0) is 33.8 Å². The first-order valence-corrected chi connectivity index (χ1v) is 11.8. The highest BCUT2D eigenvalue weighted by atomic mass is 32.1. The molecule has 2 aromatic heterocycles. The van der Waals surface area contributed by atoms with E-state index in [1.54, 1.807) is 27.7 Å². The summed E-state index contributed by atoms with van der Waals surface area (Å²) in [6, 6.07) is 3.44. The lowest BCUT2D eigenvalue weighted by molar-refractivity contribution is -0.155. The predicted octanol–water partition coefficient (Wildman–Crippen LogP) is 3.57. The monoisotopic (exact) mass is 508 g/mol. The number of aryl methyl sites for hydroxylation is 2. The van der Waals surface area contributed by atoms with Crippen LogP contribution in [0.2, 0.25) is 0 Å². The highest BCUT2D eigenvalue weighted by molar-refractivity contribution is 7.20. The van der Waals surface area contributed by atoms with Crippen molar-refractivity contribution in [2.45, 2.75) is 59.7 Å². The number of hydrogen-bond donors (Lipinski definition) is 0. The van der Waals surface area contributed by atoms with Crippen molar-refractivity contribution in [2.24, 2.45) is 0 Å². The van der Waals surface area contributed by atoms with Gasteiger partial charge in [-0.15, -0.1) is 11.3 Å². The van der Waals surface area contributed by atoms with Crippen molar-refractivity contribution in [3.05, 3.63) is 66.7 Å². The second-order valence-corrected chi connectivity index (χ2v) is 9.82. The Morgan fingerprint density at radius 1 is 1.09 bits per heavy atom. The third-order valence-electron chi connectivity index (χ3n) is 5.11. The molecule has 0 bridgehead atoms. The van der Waals surface area contributed by atoms with E-state index in [0.717, 1.165) is 28.0 Å². The normalized spacial score (nSPS) is 11.6. The molecule has 0 aliphatic heterocycles. The maximum atomic E-state index is 14.2. The molecule has 0 aliphatic carbocycles. The lowest BCUT2D eigenvalue weighted by atomic mass is 10.1. The lowest BCUT2D eigenvalue weighted by Gasteiger charge is -2.20. The van der Waals surface area contributed by atoms with Crippen molar-refractivity contribution in [3.8, 4) is 0 Å². The molecule has 0 unspecified atom stereocenters. The van der Waals surface area contributed by atoms with Crippen LogP contribution in [0.4, 0.5) is 8.78 Å². The average Bonchev–Trinajstić information content (AvgIpc) is 3.09. The molecule has 0 amide bonds. The maximum Gasteiger partial charge on any atom is 0.348 e. The Labute approximate surface area is 203 Å². The Bertz CT molecular complexity index is 1390. The number of carbonyl (C=O) groups is 2. The van der Waals surface area contributed by atoms with Crippen molar-refractivity contribution < 1.29 is 27.8 Å². The van der Waals surface area contributed by atoms with Gasteiger partial charge in [-0.3, -0.25) is 14.2 Å². The molecule has 2 heterocycles. The minimum atomic E-state index is -0.859. The van der Waals surface area contributed by atoms with Crippen LogP contribution < -0.4 is 11.2 Å². The summed E-state index contributed by atoms with van der Waals surface area (Å²) in [5.41, 5.74) is -2.41. The van der Waals surface area contributed by atoms with Crippen molar-refractivity contribution in [3.63, 3.8) is 0 Å². The van der Waals surface area contributed by atoms with Crippen LogP contribution in [-0.4, -0.2) is 33.3 Å². The summed E-state index contributed by atoms with van der Waals surface area (Å²) >= 11 is 0.879. The minimum Gasteiger partial charge on any atom is -0.462 e. The second kappa shape index (κ2) is 10.1. The van der Waals surface area contributed by atoms with E-state index in [0.29, 0.717) is 4.57 Å². The Balaban J connectivity index is 2.20. The van der Waals surface area contributed by atoms with Gasteiger partial charge in [0.2, 0.25) is 0 Å². The van der Waals surface area contributed by atoms with Crippen LogP contribution in [0.1, 0.15) is 48.5 Å². The molecular weight excluding hydrogens is 482 g/mol. The van der Waals surface area contributed by atoms with Gasteiger partial charge in [-0.25, -0.2) is 22.9 Å². The van der Waals surface area contributed by atoms with Gasteiger partial charge in [0.1, 0.15) is 33.5 Å². The van der Waals surface area contributed by atoms with Crippen molar-refractivity contribution in [2.75, 3.05) is 6.61 Å². The number of halogens is 2. The van der Waals surface area contributed by atoms with Crippen LogP contribution >= 0.6 is 11.3 Å². The molecule has 0 saturated carbocycles. The van der Waals surface area contributed by atoms with Gasteiger partial charge in [0.05, 0.1) is 12.0 Å². The molecule has 0 atom stereocenters. The minimum absolute atomic E-state index is 0.0511. The highest BCUT2D eigenvalue weighted by Gasteiger charge is 2.26. The van der Waals surface area contributed by atoms with Gasteiger partial charge in [0.15, 0.2) is 0 Å². The number of hydrogen-bond acceptors (Lipinski definition) is 7. The number of thiophene rings is 1. The summed E-state index contributed by atoms with van der Waals surface area (Å²) in [7, 11) is 0. The number of aromatic nitrogens is 2. The fourth-order valence-corrected chi connectivity index (χ4v) is 4.83. The molecule has 8 nitrogen and oxygen atoms in total. The molecule has 0 fully saturated rings. The molecule has 1 aromatic carbocycles. The van der Waals surface area contributed by atoms with Gasteiger partial charge in [-0.1, -0.05) is 6.07 Å². The topological polar surface area (TPSA) is 96.6 Å². The summed E-state index contributed by atoms with van der Waals surface area (Å²) in [5.74, 6) is -3.01. The number of benzene rings is 1. The number of carbonyl (C=O) groups excluding carboxylic acids is 2. The van der Waals surface area contributed by atoms with E-state index in [4.69, 9.17) is 9.47 Å². The van der Waals surface area contributed by atoms with E-state index < -0.39 is 47.0 Å². The van der Waals surface area contributed by atoms with Crippen molar-refractivity contribution in [1.82, 2.24) is 9.13 Å². The first-order chi connectivity index (χ1) is 16.4. The van der Waals surface area contributed by atoms with Crippen LogP contribution in [0.15, 0.2) is 27.8 Å². The zero-order valence-electron chi connectivity index (χ0n) is 20.1. The molecule has 3 aromatic rings. The Hall–Kier alpha value is -3.34. The Kier molecular flexibility index (Phi) is 7.59. The molecule has 0 radical (unpaired) electrons. The number of esters is 2. The van der Waals surface area contributed by atoms with Gasteiger partial charge in [-0.2, -0.15) is 0 Å². The summed E-state index contributed by atoms with van der Waals surface area (Å²) in [5, 5.41) is 0.0511. The average molecular weight is 509 g/mol. The highest BCUT2D eigenvalue weighted by Crippen LogP contribution is 2.29. The number of rotatable bonds is 7. The molecule has 35 heavy (non-hydrogen) atoms. The van der Waals surface area contributed by atoms with E-state index in [2.05, 4.69) is 0 Å².